The highest BCUT2D eigenvalue weighted by Crippen LogP contribution is 2.44. The molecule has 0 aliphatic heterocycles. The molecule has 0 fully saturated rings. The second kappa shape index (κ2) is 10.0. The van der Waals surface area contributed by atoms with Crippen LogP contribution in [0.4, 0.5) is 4.79 Å². The van der Waals surface area contributed by atoms with Crippen molar-refractivity contribution < 1.29 is 24.2 Å². The number of nitrogens with one attached hydrogen (secondary N) is 2. The lowest BCUT2D eigenvalue weighted by molar-refractivity contribution is -0.138. The number of hydrogen-bond acceptors (Lipinski definition) is 4. The third-order valence-corrected chi connectivity index (χ3v) is 6.29. The van der Waals surface area contributed by atoms with E-state index in [1.807, 2.05) is 36.4 Å². The van der Waals surface area contributed by atoms with Gasteiger partial charge in [0.25, 0.3) is 0 Å². The second-order valence-corrected chi connectivity index (χ2v) is 9.09. The van der Waals surface area contributed by atoms with Crippen molar-refractivity contribution >= 4 is 18.0 Å². The lowest BCUT2D eigenvalue weighted by Gasteiger charge is -2.26. The van der Waals surface area contributed by atoms with Gasteiger partial charge in [0, 0.05) is 12.5 Å². The zero-order valence-corrected chi connectivity index (χ0v) is 19.7. The van der Waals surface area contributed by atoms with Crippen LogP contribution in [0.15, 0.2) is 78.9 Å². The standard InChI is InChI=1S/C28H28N2O5/c1-28(2,26(33)29-16-23(25(31)32)18-10-4-3-5-11-18)30-27(34)35-17-24-21-14-8-6-12-19(21)20-13-7-9-15-22(20)24/h3-15,23-24H,16-17H2,1-2H3,(H,29,33)(H,30,34)(H,31,32). The van der Waals surface area contributed by atoms with Gasteiger partial charge in [-0.2, -0.15) is 0 Å². The monoisotopic (exact) mass is 472 g/mol. The summed E-state index contributed by atoms with van der Waals surface area (Å²) in [7, 11) is 0. The van der Waals surface area contributed by atoms with E-state index < -0.39 is 29.4 Å². The van der Waals surface area contributed by atoms with Gasteiger partial charge in [0.15, 0.2) is 0 Å². The highest BCUT2D eigenvalue weighted by atomic mass is 16.5. The zero-order valence-electron chi connectivity index (χ0n) is 19.7. The van der Waals surface area contributed by atoms with Crippen LogP contribution in [0.3, 0.4) is 0 Å². The first kappa shape index (κ1) is 24.0. The van der Waals surface area contributed by atoms with Crippen LogP contribution in [0.1, 0.15) is 42.4 Å². The van der Waals surface area contributed by atoms with Crippen LogP contribution in [0.25, 0.3) is 11.1 Å². The van der Waals surface area contributed by atoms with Crippen LogP contribution in [0, 0.1) is 0 Å². The van der Waals surface area contributed by atoms with Crippen LogP contribution >= 0.6 is 0 Å². The molecule has 7 nitrogen and oxygen atoms in total. The maximum atomic E-state index is 12.8. The normalized spacial score (nSPS) is 13.3. The first-order valence-electron chi connectivity index (χ1n) is 11.5. The van der Waals surface area contributed by atoms with Gasteiger partial charge in [-0.25, -0.2) is 4.79 Å². The first-order chi connectivity index (χ1) is 16.8. The fraction of sp³-hybridized carbons (Fsp3) is 0.250. The van der Waals surface area contributed by atoms with E-state index in [1.54, 1.807) is 44.2 Å². The van der Waals surface area contributed by atoms with Crippen LogP contribution < -0.4 is 10.6 Å². The summed E-state index contributed by atoms with van der Waals surface area (Å²) in [5.41, 5.74) is 3.73. The van der Waals surface area contributed by atoms with Crippen molar-refractivity contribution in [2.75, 3.05) is 13.2 Å². The first-order valence-corrected chi connectivity index (χ1v) is 11.5. The average molecular weight is 473 g/mol. The number of amides is 2. The van der Waals surface area contributed by atoms with E-state index in [4.69, 9.17) is 4.74 Å². The van der Waals surface area contributed by atoms with Gasteiger partial charge in [0.05, 0.1) is 5.92 Å². The Labute approximate surface area is 204 Å². The molecule has 2 amide bonds. The molecule has 35 heavy (non-hydrogen) atoms. The third-order valence-electron chi connectivity index (χ3n) is 6.29. The number of carbonyl (C=O) groups excluding carboxylic acids is 2. The van der Waals surface area contributed by atoms with Gasteiger partial charge < -0.3 is 20.5 Å². The van der Waals surface area contributed by atoms with Crippen molar-refractivity contribution in [2.24, 2.45) is 0 Å². The molecule has 3 aromatic carbocycles. The van der Waals surface area contributed by atoms with E-state index in [0.29, 0.717) is 5.56 Å². The topological polar surface area (TPSA) is 105 Å². The molecule has 1 aliphatic carbocycles. The molecule has 3 N–H and O–H groups in total. The molecule has 0 heterocycles. The molecule has 0 saturated carbocycles. The molecule has 0 aromatic heterocycles. The summed E-state index contributed by atoms with van der Waals surface area (Å²) in [5.74, 6) is -2.54. The highest BCUT2D eigenvalue weighted by Gasteiger charge is 2.33. The number of carboxylic acid groups (broad SMARTS) is 1. The van der Waals surface area contributed by atoms with Gasteiger partial charge >= 0.3 is 12.1 Å². The Bertz CT molecular complexity index is 1190. The van der Waals surface area contributed by atoms with E-state index in [0.717, 1.165) is 22.3 Å². The molecule has 3 aromatic rings. The SMILES string of the molecule is CC(C)(NC(=O)OCC1c2ccccc2-c2ccccc21)C(=O)NCC(C(=O)O)c1ccccc1. The molecular weight excluding hydrogens is 444 g/mol. The Morgan fingerprint density at radius 3 is 2.00 bits per heavy atom. The number of aliphatic carboxylic acids is 1. The quantitative estimate of drug-likeness (QED) is 0.454. The maximum Gasteiger partial charge on any atom is 0.408 e. The van der Waals surface area contributed by atoms with Crippen molar-refractivity contribution in [1.82, 2.24) is 10.6 Å². The molecular formula is C28H28N2O5. The van der Waals surface area contributed by atoms with Gasteiger partial charge in [-0.3, -0.25) is 9.59 Å². The summed E-state index contributed by atoms with van der Waals surface area (Å²) in [4.78, 5) is 37.1. The van der Waals surface area contributed by atoms with Gasteiger partial charge in [-0.15, -0.1) is 0 Å². The van der Waals surface area contributed by atoms with Gasteiger partial charge in [0.1, 0.15) is 12.1 Å². The molecule has 180 valence electrons. The fourth-order valence-corrected chi connectivity index (χ4v) is 4.40. The van der Waals surface area contributed by atoms with Crippen LogP contribution in [0.2, 0.25) is 0 Å². The summed E-state index contributed by atoms with van der Waals surface area (Å²) in [6.45, 7) is 3.12. The predicted molar refractivity (Wildman–Crippen MR) is 132 cm³/mol. The highest BCUT2D eigenvalue weighted by molar-refractivity contribution is 5.89. The Morgan fingerprint density at radius 2 is 1.43 bits per heavy atom. The average Bonchev–Trinajstić information content (AvgIpc) is 3.16. The van der Waals surface area contributed by atoms with E-state index in [-0.39, 0.29) is 19.1 Å². The smallest absolute Gasteiger partial charge is 0.408 e. The van der Waals surface area contributed by atoms with Crippen molar-refractivity contribution in [3.05, 3.63) is 95.6 Å². The molecule has 0 spiro atoms. The van der Waals surface area contributed by atoms with Crippen molar-refractivity contribution in [2.45, 2.75) is 31.2 Å². The minimum Gasteiger partial charge on any atom is -0.481 e. The minimum absolute atomic E-state index is 0.0905. The number of fused-ring (bicyclic) bond motifs is 3. The number of rotatable bonds is 8. The molecule has 1 aliphatic rings. The van der Waals surface area contributed by atoms with Crippen molar-refractivity contribution in [3.8, 4) is 11.1 Å². The van der Waals surface area contributed by atoms with E-state index in [1.165, 1.54) is 0 Å². The summed E-state index contributed by atoms with van der Waals surface area (Å²) in [5, 5.41) is 14.8. The fourth-order valence-electron chi connectivity index (χ4n) is 4.40. The number of ether oxygens (including phenoxy) is 1. The number of carboxylic acids is 1. The lowest BCUT2D eigenvalue weighted by Crippen LogP contribution is -2.55. The molecule has 0 saturated heterocycles. The van der Waals surface area contributed by atoms with E-state index in [9.17, 15) is 19.5 Å². The molecule has 0 radical (unpaired) electrons. The van der Waals surface area contributed by atoms with Gasteiger partial charge in [-0.05, 0) is 41.7 Å². The molecule has 7 heteroatoms. The lowest BCUT2D eigenvalue weighted by atomic mass is 9.98. The minimum atomic E-state index is -1.30. The third kappa shape index (κ3) is 5.19. The second-order valence-electron chi connectivity index (χ2n) is 9.09. The predicted octanol–water partition coefficient (Wildman–Crippen LogP) is 4.29. The van der Waals surface area contributed by atoms with Crippen molar-refractivity contribution in [1.29, 1.82) is 0 Å². The van der Waals surface area contributed by atoms with E-state index >= 15 is 0 Å². The maximum absolute atomic E-state index is 12.8. The number of alkyl carbamates (subject to hydrolysis) is 1. The molecule has 1 atom stereocenters. The van der Waals surface area contributed by atoms with E-state index in [2.05, 4.69) is 22.8 Å². The number of hydrogen-bond donors (Lipinski definition) is 3. The summed E-state index contributed by atoms with van der Waals surface area (Å²) < 4.78 is 5.53. The summed E-state index contributed by atoms with van der Waals surface area (Å²) in [6, 6.07) is 24.8. The molecule has 0 bridgehead atoms. The van der Waals surface area contributed by atoms with Crippen LogP contribution in [-0.4, -0.2) is 41.8 Å². The van der Waals surface area contributed by atoms with Crippen molar-refractivity contribution in [3.63, 3.8) is 0 Å². The Balaban J connectivity index is 1.35. The summed E-state index contributed by atoms with van der Waals surface area (Å²) in [6.07, 6.45) is -0.718. The Hall–Kier alpha value is -4.13. The number of carbonyl (C=O) groups is 3. The van der Waals surface area contributed by atoms with Crippen LogP contribution in [-0.2, 0) is 14.3 Å². The zero-order chi connectivity index (χ0) is 25.0. The van der Waals surface area contributed by atoms with Crippen LogP contribution in [0.5, 0.6) is 0 Å². The number of benzene rings is 3. The summed E-state index contributed by atoms with van der Waals surface area (Å²) >= 11 is 0. The molecule has 4 rings (SSSR count). The Morgan fingerprint density at radius 1 is 0.886 bits per heavy atom. The van der Waals surface area contributed by atoms with Gasteiger partial charge in [-0.1, -0.05) is 78.9 Å². The Kier molecular flexibility index (Phi) is 6.87. The molecule has 1 unspecified atom stereocenters. The van der Waals surface area contributed by atoms with Gasteiger partial charge in [0.2, 0.25) is 5.91 Å². The largest absolute Gasteiger partial charge is 0.481 e.